The lowest BCUT2D eigenvalue weighted by molar-refractivity contribution is -0.117. The van der Waals surface area contributed by atoms with E-state index in [1.807, 2.05) is 12.1 Å². The van der Waals surface area contributed by atoms with Gasteiger partial charge in [-0.1, -0.05) is 34.8 Å². The number of hydrogen-bond donors (Lipinski definition) is 1. The zero-order valence-electron chi connectivity index (χ0n) is 13.8. The standard InChI is InChI=1S/C18H17Cl3FN3O/c19-14-3-2-13(10-15(14)20)25-7-5-24(6-8-25)11-18(26)23-12-1-4-17(22)16(21)9-12/h1-4,9-10H,5-8,11H2,(H,23,26). The first-order valence-corrected chi connectivity index (χ1v) is 9.23. The van der Waals surface area contributed by atoms with Gasteiger partial charge < -0.3 is 10.2 Å². The van der Waals surface area contributed by atoms with E-state index in [-0.39, 0.29) is 17.5 Å². The van der Waals surface area contributed by atoms with Crippen LogP contribution in [0, 0.1) is 5.82 Å². The van der Waals surface area contributed by atoms with Crippen LogP contribution in [0.5, 0.6) is 0 Å². The zero-order valence-corrected chi connectivity index (χ0v) is 16.1. The first-order chi connectivity index (χ1) is 12.4. The Morgan fingerprint density at radius 1 is 0.962 bits per heavy atom. The normalized spacial score (nSPS) is 15.2. The lowest BCUT2D eigenvalue weighted by Gasteiger charge is -2.35. The van der Waals surface area contributed by atoms with Crippen molar-refractivity contribution in [3.63, 3.8) is 0 Å². The summed E-state index contributed by atoms with van der Waals surface area (Å²) in [7, 11) is 0. The topological polar surface area (TPSA) is 35.6 Å². The molecule has 0 radical (unpaired) electrons. The third kappa shape index (κ3) is 4.80. The Balaban J connectivity index is 1.50. The smallest absolute Gasteiger partial charge is 0.238 e. The van der Waals surface area contributed by atoms with E-state index in [0.29, 0.717) is 15.7 Å². The van der Waals surface area contributed by atoms with Crippen molar-refractivity contribution in [2.24, 2.45) is 0 Å². The van der Waals surface area contributed by atoms with Crippen LogP contribution in [-0.2, 0) is 4.79 Å². The molecule has 0 atom stereocenters. The predicted molar refractivity (Wildman–Crippen MR) is 105 cm³/mol. The lowest BCUT2D eigenvalue weighted by Crippen LogP contribution is -2.48. The van der Waals surface area contributed by atoms with E-state index in [4.69, 9.17) is 34.8 Å². The highest BCUT2D eigenvalue weighted by molar-refractivity contribution is 6.42. The van der Waals surface area contributed by atoms with Gasteiger partial charge in [-0.2, -0.15) is 0 Å². The maximum absolute atomic E-state index is 13.2. The van der Waals surface area contributed by atoms with E-state index in [1.54, 1.807) is 6.07 Å². The molecule has 1 fully saturated rings. The molecule has 8 heteroatoms. The molecular weight excluding hydrogens is 400 g/mol. The Bertz CT molecular complexity index is 810. The minimum atomic E-state index is -0.511. The molecule has 1 saturated heterocycles. The molecule has 0 spiro atoms. The van der Waals surface area contributed by atoms with Crippen LogP contribution in [0.1, 0.15) is 0 Å². The molecule has 1 aliphatic heterocycles. The van der Waals surface area contributed by atoms with Gasteiger partial charge >= 0.3 is 0 Å². The van der Waals surface area contributed by atoms with E-state index in [9.17, 15) is 9.18 Å². The summed E-state index contributed by atoms with van der Waals surface area (Å²) in [6, 6.07) is 9.69. The number of halogens is 4. The molecule has 0 aliphatic carbocycles. The lowest BCUT2D eigenvalue weighted by atomic mass is 10.2. The van der Waals surface area contributed by atoms with Crippen molar-refractivity contribution < 1.29 is 9.18 Å². The summed E-state index contributed by atoms with van der Waals surface area (Å²) in [6.07, 6.45) is 0. The third-order valence-electron chi connectivity index (χ3n) is 4.21. The molecule has 4 nitrogen and oxygen atoms in total. The van der Waals surface area contributed by atoms with Gasteiger partial charge in [0.1, 0.15) is 5.82 Å². The summed E-state index contributed by atoms with van der Waals surface area (Å²) in [5, 5.41) is 3.79. The van der Waals surface area contributed by atoms with Crippen molar-refractivity contribution >= 4 is 52.1 Å². The quantitative estimate of drug-likeness (QED) is 0.794. The summed E-state index contributed by atoms with van der Waals surface area (Å²) in [5.74, 6) is -0.668. The van der Waals surface area contributed by atoms with Crippen LogP contribution >= 0.6 is 34.8 Å². The van der Waals surface area contributed by atoms with Gasteiger partial charge in [0.2, 0.25) is 5.91 Å². The Labute approximate surface area is 166 Å². The number of anilines is 2. The van der Waals surface area contributed by atoms with Crippen LogP contribution < -0.4 is 10.2 Å². The van der Waals surface area contributed by atoms with E-state index in [1.165, 1.54) is 18.2 Å². The number of hydrogen-bond acceptors (Lipinski definition) is 3. The molecule has 0 saturated carbocycles. The van der Waals surface area contributed by atoms with E-state index < -0.39 is 5.82 Å². The Morgan fingerprint density at radius 2 is 1.69 bits per heavy atom. The van der Waals surface area contributed by atoms with Crippen LogP contribution in [-0.4, -0.2) is 43.5 Å². The molecule has 138 valence electrons. The molecule has 2 aromatic rings. The summed E-state index contributed by atoms with van der Waals surface area (Å²) in [5.41, 5.74) is 1.50. The second-order valence-corrected chi connectivity index (χ2v) is 7.26. The predicted octanol–water partition coefficient (Wildman–Crippen LogP) is 4.55. The maximum atomic E-state index is 13.2. The fraction of sp³-hybridized carbons (Fsp3) is 0.278. The van der Waals surface area contributed by atoms with Crippen LogP contribution in [0.15, 0.2) is 36.4 Å². The fourth-order valence-corrected chi connectivity index (χ4v) is 3.30. The maximum Gasteiger partial charge on any atom is 0.238 e. The van der Waals surface area contributed by atoms with Crippen molar-refractivity contribution in [1.82, 2.24) is 4.90 Å². The monoisotopic (exact) mass is 415 g/mol. The molecule has 0 unspecified atom stereocenters. The highest BCUT2D eigenvalue weighted by atomic mass is 35.5. The van der Waals surface area contributed by atoms with Crippen molar-refractivity contribution in [3.8, 4) is 0 Å². The highest BCUT2D eigenvalue weighted by Gasteiger charge is 2.20. The number of rotatable bonds is 4. The fourth-order valence-electron chi connectivity index (χ4n) is 2.82. The van der Waals surface area contributed by atoms with Gasteiger partial charge in [-0.3, -0.25) is 9.69 Å². The average molecular weight is 417 g/mol. The number of amides is 1. The van der Waals surface area contributed by atoms with Crippen LogP contribution in [0.25, 0.3) is 0 Å². The Morgan fingerprint density at radius 3 is 2.35 bits per heavy atom. The number of carbonyl (C=O) groups is 1. The van der Waals surface area contributed by atoms with E-state index >= 15 is 0 Å². The molecular formula is C18H17Cl3FN3O. The number of carbonyl (C=O) groups excluding carboxylic acids is 1. The van der Waals surface area contributed by atoms with Crippen molar-refractivity contribution in [2.75, 3.05) is 42.9 Å². The summed E-state index contributed by atoms with van der Waals surface area (Å²) in [6.45, 7) is 3.33. The first kappa shape index (κ1) is 19.2. The van der Waals surface area contributed by atoms with Gasteiger partial charge in [-0.05, 0) is 36.4 Å². The van der Waals surface area contributed by atoms with Gasteiger partial charge in [0.05, 0.1) is 21.6 Å². The van der Waals surface area contributed by atoms with E-state index in [2.05, 4.69) is 15.1 Å². The molecule has 26 heavy (non-hydrogen) atoms. The number of nitrogens with one attached hydrogen (secondary N) is 1. The van der Waals surface area contributed by atoms with Gasteiger partial charge in [0.25, 0.3) is 0 Å². The number of nitrogens with zero attached hydrogens (tertiary/aromatic N) is 2. The molecule has 1 aliphatic rings. The minimum Gasteiger partial charge on any atom is -0.369 e. The van der Waals surface area contributed by atoms with Gasteiger partial charge in [-0.15, -0.1) is 0 Å². The molecule has 1 heterocycles. The van der Waals surface area contributed by atoms with Gasteiger partial charge in [0, 0.05) is 37.6 Å². The SMILES string of the molecule is O=C(CN1CCN(c2ccc(Cl)c(Cl)c2)CC1)Nc1ccc(F)c(Cl)c1. The number of benzene rings is 2. The molecule has 1 amide bonds. The average Bonchev–Trinajstić information content (AvgIpc) is 2.61. The summed E-state index contributed by atoms with van der Waals surface area (Å²) < 4.78 is 13.2. The molecule has 0 bridgehead atoms. The zero-order chi connectivity index (χ0) is 18.7. The Kier molecular flexibility index (Phi) is 6.24. The summed E-state index contributed by atoms with van der Waals surface area (Å²) >= 11 is 17.8. The second-order valence-electron chi connectivity index (χ2n) is 6.04. The van der Waals surface area contributed by atoms with Crippen LogP contribution in [0.4, 0.5) is 15.8 Å². The summed E-state index contributed by atoms with van der Waals surface area (Å²) in [4.78, 5) is 16.4. The number of piperazine rings is 1. The first-order valence-electron chi connectivity index (χ1n) is 8.09. The van der Waals surface area contributed by atoms with Gasteiger partial charge in [-0.25, -0.2) is 4.39 Å². The van der Waals surface area contributed by atoms with Crippen molar-refractivity contribution in [2.45, 2.75) is 0 Å². The molecule has 1 N–H and O–H groups in total. The van der Waals surface area contributed by atoms with Crippen LogP contribution in [0.2, 0.25) is 15.1 Å². The van der Waals surface area contributed by atoms with Gasteiger partial charge in [0.15, 0.2) is 0 Å². The van der Waals surface area contributed by atoms with Crippen LogP contribution in [0.3, 0.4) is 0 Å². The highest BCUT2D eigenvalue weighted by Crippen LogP contribution is 2.27. The largest absolute Gasteiger partial charge is 0.369 e. The van der Waals surface area contributed by atoms with Crippen molar-refractivity contribution in [3.05, 3.63) is 57.3 Å². The third-order valence-corrected chi connectivity index (χ3v) is 5.24. The molecule has 0 aromatic heterocycles. The van der Waals surface area contributed by atoms with E-state index in [0.717, 1.165) is 31.9 Å². The molecule has 3 rings (SSSR count). The minimum absolute atomic E-state index is 0.0157. The van der Waals surface area contributed by atoms with Crippen molar-refractivity contribution in [1.29, 1.82) is 0 Å². The molecule has 2 aromatic carbocycles. The Hall–Kier alpha value is -1.53. The second kappa shape index (κ2) is 8.44.